The molecule has 0 unspecified atom stereocenters. The summed E-state index contributed by atoms with van der Waals surface area (Å²) in [5, 5.41) is 48.5. The van der Waals surface area contributed by atoms with Gasteiger partial charge in [-0.25, -0.2) is 0 Å². The van der Waals surface area contributed by atoms with E-state index in [9.17, 15) is 25.2 Å². The Labute approximate surface area is 359 Å². The zero-order valence-corrected chi connectivity index (χ0v) is 38.7. The number of ether oxygens (including phenoxy) is 7. The lowest BCUT2D eigenvalue weighted by molar-refractivity contribution is -0.319. The van der Waals surface area contributed by atoms with Crippen molar-refractivity contribution in [3.05, 3.63) is 35.9 Å². The summed E-state index contributed by atoms with van der Waals surface area (Å²) in [7, 11) is 7.37. The Bertz CT molecular complexity index is 1530. The van der Waals surface area contributed by atoms with E-state index in [4.69, 9.17) is 33.2 Å². The Balaban J connectivity index is 1.63. The second kappa shape index (κ2) is 19.5. The van der Waals surface area contributed by atoms with Crippen LogP contribution < -0.4 is 0 Å². The first-order valence-corrected chi connectivity index (χ1v) is 22.2. The van der Waals surface area contributed by atoms with Gasteiger partial charge < -0.3 is 58.5 Å². The Kier molecular flexibility index (Phi) is 16.0. The molecule has 60 heavy (non-hydrogen) atoms. The molecule has 0 spiro atoms. The fourth-order valence-corrected chi connectivity index (χ4v) is 11.1. The average Bonchev–Trinajstić information content (AvgIpc) is 3.18. The number of carbonyl (C=O) groups is 1. The molecule has 4 heterocycles. The third-order valence-electron chi connectivity index (χ3n) is 14.5. The first-order valence-electron chi connectivity index (χ1n) is 22.2. The molecule has 20 atom stereocenters. The summed E-state index contributed by atoms with van der Waals surface area (Å²) in [6.07, 6.45) is -7.32. The minimum Gasteiger partial charge on any atom is -0.459 e. The molecule has 4 N–H and O–H groups in total. The highest BCUT2D eigenvalue weighted by Gasteiger charge is 2.56. The molecule has 4 aliphatic rings. The molecule has 5 rings (SSSR count). The predicted octanol–water partition coefficient (Wildman–Crippen LogP) is 4.12. The van der Waals surface area contributed by atoms with Gasteiger partial charge in [-0.1, -0.05) is 58.0 Å². The number of carbonyl (C=O) groups excluding carboxylic acids is 1. The monoisotopic (exact) mass is 851 g/mol. The molecule has 0 aliphatic carbocycles. The molecule has 4 saturated heterocycles. The van der Waals surface area contributed by atoms with E-state index in [1.165, 1.54) is 7.11 Å². The maximum absolute atomic E-state index is 14.6. The minimum absolute atomic E-state index is 0.146. The molecule has 344 valence electrons. The smallest absolute Gasteiger partial charge is 0.311 e. The number of cyclic esters (lactones) is 1. The minimum atomic E-state index is -1.61. The topological polar surface area (TPSA) is 169 Å². The number of hydrogen-bond donors (Lipinski definition) is 4. The van der Waals surface area contributed by atoms with Crippen LogP contribution in [0.15, 0.2) is 30.3 Å². The van der Waals surface area contributed by atoms with E-state index in [1.807, 2.05) is 65.0 Å². The fraction of sp³-hybridized carbons (Fsp3) is 0.848. The van der Waals surface area contributed by atoms with Crippen LogP contribution in [-0.4, -0.2) is 161 Å². The molecule has 4 fully saturated rings. The van der Waals surface area contributed by atoms with Gasteiger partial charge in [0.1, 0.15) is 30.1 Å². The van der Waals surface area contributed by atoms with Gasteiger partial charge in [-0.05, 0) is 93.4 Å². The average molecular weight is 851 g/mol. The number of aliphatic hydroxyl groups is 4. The van der Waals surface area contributed by atoms with Crippen LogP contribution in [0.1, 0.15) is 100 Å². The van der Waals surface area contributed by atoms with Crippen molar-refractivity contribution in [3.8, 4) is 0 Å². The third kappa shape index (κ3) is 10.3. The molecular weight excluding hydrogens is 773 g/mol. The first-order chi connectivity index (χ1) is 28.0. The van der Waals surface area contributed by atoms with Crippen molar-refractivity contribution in [2.24, 2.45) is 23.7 Å². The lowest BCUT2D eigenvalue weighted by Gasteiger charge is -2.55. The largest absolute Gasteiger partial charge is 0.459 e. The fourth-order valence-electron chi connectivity index (χ4n) is 11.1. The molecular formula is C46H78N2O12. The van der Waals surface area contributed by atoms with Gasteiger partial charge >= 0.3 is 5.97 Å². The Morgan fingerprint density at radius 1 is 0.917 bits per heavy atom. The summed E-state index contributed by atoms with van der Waals surface area (Å²) in [4.78, 5) is 18.8. The van der Waals surface area contributed by atoms with Crippen LogP contribution in [0.5, 0.6) is 0 Å². The van der Waals surface area contributed by atoms with Crippen LogP contribution in [0.3, 0.4) is 0 Å². The molecule has 14 nitrogen and oxygen atoms in total. The summed E-state index contributed by atoms with van der Waals surface area (Å²) in [6.45, 7) is 18.5. The highest BCUT2D eigenvalue weighted by molar-refractivity contribution is 5.73. The van der Waals surface area contributed by atoms with E-state index in [-0.39, 0.29) is 42.9 Å². The second-order valence-electron chi connectivity index (χ2n) is 19.6. The molecule has 0 radical (unpaired) electrons. The standard InChI is InChI=1S/C46H78N2O12/c1-15-33-46(10,53)41-27(4)36(48(13)34(58-41)22-31-19-17-16-18-20-31)25(2)23-44(8,52)40(60-43-37(49)32(47(11)12)21-26(3)55-43)28(5)38(29(6)42(51)57-33)59-35-24-45(9,54-14)39(50)30(7)56-35/h16-20,25-30,32-41,43,49-50,52-53H,15,21-24H2,1-14H3/t25-,26-,27+,28+,29-,30+,32+,33-,34+,35+,36+,37-,38+,39+,40-,41-,43+,44-,45-,46-/m1/s1. The maximum Gasteiger partial charge on any atom is 0.311 e. The summed E-state index contributed by atoms with van der Waals surface area (Å²) in [5.41, 5.74) is -3.15. The van der Waals surface area contributed by atoms with Crippen LogP contribution in [-0.2, 0) is 44.4 Å². The van der Waals surface area contributed by atoms with E-state index < -0.39 is 96.1 Å². The second-order valence-corrected chi connectivity index (χ2v) is 19.6. The summed E-state index contributed by atoms with van der Waals surface area (Å²) < 4.78 is 45.3. The van der Waals surface area contributed by atoms with Crippen LogP contribution in [0.2, 0.25) is 0 Å². The van der Waals surface area contributed by atoms with E-state index in [0.29, 0.717) is 19.3 Å². The van der Waals surface area contributed by atoms with E-state index >= 15 is 0 Å². The molecule has 1 aromatic carbocycles. The number of aliphatic hydroxyl groups excluding tert-OH is 2. The number of nitrogens with zero attached hydrogens (tertiary/aromatic N) is 2. The number of hydrogen-bond acceptors (Lipinski definition) is 14. The Morgan fingerprint density at radius 3 is 2.17 bits per heavy atom. The van der Waals surface area contributed by atoms with Crippen molar-refractivity contribution in [2.75, 3.05) is 28.3 Å². The molecule has 0 amide bonds. The molecule has 14 heteroatoms. The van der Waals surface area contributed by atoms with Gasteiger partial charge in [-0.15, -0.1) is 0 Å². The zero-order chi connectivity index (χ0) is 44.6. The number of esters is 1. The molecule has 4 aliphatic heterocycles. The summed E-state index contributed by atoms with van der Waals surface area (Å²) >= 11 is 0. The first kappa shape index (κ1) is 49.2. The summed E-state index contributed by atoms with van der Waals surface area (Å²) in [5.74, 6) is -2.81. The number of benzene rings is 1. The van der Waals surface area contributed by atoms with Gasteiger partial charge in [0.2, 0.25) is 0 Å². The van der Waals surface area contributed by atoms with Gasteiger partial charge in [-0.2, -0.15) is 0 Å². The Hall–Kier alpha value is -1.79. The van der Waals surface area contributed by atoms with Crippen molar-refractivity contribution in [1.82, 2.24) is 9.80 Å². The lowest BCUT2D eigenvalue weighted by atomic mass is 9.71. The van der Waals surface area contributed by atoms with Gasteiger partial charge in [0.05, 0.1) is 47.6 Å². The third-order valence-corrected chi connectivity index (χ3v) is 14.5. The number of rotatable bonds is 9. The van der Waals surface area contributed by atoms with Crippen LogP contribution in [0.25, 0.3) is 0 Å². The number of fused-ring (bicyclic) bond motifs is 2. The molecule has 2 bridgehead atoms. The zero-order valence-electron chi connectivity index (χ0n) is 38.7. The van der Waals surface area contributed by atoms with Crippen molar-refractivity contribution >= 4 is 5.97 Å². The molecule has 1 aromatic rings. The van der Waals surface area contributed by atoms with Crippen molar-refractivity contribution in [1.29, 1.82) is 0 Å². The van der Waals surface area contributed by atoms with Crippen LogP contribution >= 0.6 is 0 Å². The Morgan fingerprint density at radius 2 is 1.57 bits per heavy atom. The molecule has 0 aromatic heterocycles. The highest BCUT2D eigenvalue weighted by atomic mass is 16.7. The molecule has 0 saturated carbocycles. The lowest BCUT2D eigenvalue weighted by Crippen LogP contribution is -2.67. The van der Waals surface area contributed by atoms with Crippen LogP contribution in [0, 0.1) is 23.7 Å². The van der Waals surface area contributed by atoms with Crippen molar-refractivity contribution < 1.29 is 58.4 Å². The van der Waals surface area contributed by atoms with E-state index in [0.717, 1.165) is 5.56 Å². The normalized spacial score (nSPS) is 47.7. The quantitative estimate of drug-likeness (QED) is 0.262. The van der Waals surface area contributed by atoms with E-state index in [2.05, 4.69) is 30.9 Å². The summed E-state index contributed by atoms with van der Waals surface area (Å²) in [6, 6.07) is 9.58. The van der Waals surface area contributed by atoms with E-state index in [1.54, 1.807) is 34.6 Å². The van der Waals surface area contributed by atoms with Gasteiger partial charge in [0, 0.05) is 43.9 Å². The van der Waals surface area contributed by atoms with Gasteiger partial charge in [0.15, 0.2) is 12.6 Å². The maximum atomic E-state index is 14.6. The predicted molar refractivity (Wildman–Crippen MR) is 226 cm³/mol. The SMILES string of the molecule is CC[C@H]1OC(=O)[C@H](C)[C@@H](O[C@H]2C[C@@](C)(OC)[C@@H](O)[C@H](C)O2)[C@H](C)[C@@H](O[C@@H]2O[C@H](C)C[C@H](N(C)C)[C@H]2O)[C@](C)(O)C[C@@H](C)[C@H]2[C@H](C)[C@@H](O[C@@H](Cc3ccccc3)N2C)[C@]1(C)O. The number of likely N-dealkylation sites (N-methyl/N-ethyl adjacent to an activating group) is 2. The van der Waals surface area contributed by atoms with Crippen molar-refractivity contribution in [3.63, 3.8) is 0 Å². The van der Waals surface area contributed by atoms with Crippen LogP contribution in [0.4, 0.5) is 0 Å². The number of methoxy groups -OCH3 is 1. The highest BCUT2D eigenvalue weighted by Crippen LogP contribution is 2.44. The van der Waals surface area contributed by atoms with Gasteiger partial charge in [0.25, 0.3) is 0 Å². The van der Waals surface area contributed by atoms with Gasteiger partial charge in [-0.3, -0.25) is 9.69 Å². The van der Waals surface area contributed by atoms with Crippen molar-refractivity contribution in [2.45, 2.75) is 198 Å².